The van der Waals surface area contributed by atoms with Gasteiger partial charge in [0.15, 0.2) is 0 Å². The van der Waals surface area contributed by atoms with E-state index < -0.39 is 42.1 Å². The quantitative estimate of drug-likeness (QED) is 0.208. The topological polar surface area (TPSA) is 171 Å². The Morgan fingerprint density at radius 1 is 0.917 bits per heavy atom. The summed E-state index contributed by atoms with van der Waals surface area (Å²) in [4.78, 5) is 48.3. The number of hydrogen-bond acceptors (Lipinski definition) is 7. The van der Waals surface area contributed by atoms with Crippen molar-refractivity contribution in [3.63, 3.8) is 0 Å². The number of halogens is 3. The number of ether oxygens (including phenoxy) is 1. The molecule has 11 nitrogen and oxygen atoms in total. The van der Waals surface area contributed by atoms with Crippen LogP contribution in [0.5, 0.6) is 0 Å². The third kappa shape index (κ3) is 9.55. The van der Waals surface area contributed by atoms with Gasteiger partial charge in [0.1, 0.15) is 12.6 Å². The molecule has 0 aliphatic heterocycles. The number of nitrogens with one attached hydrogen (secondary N) is 2. The second-order valence-corrected chi connectivity index (χ2v) is 11.6. The minimum Gasteiger partial charge on any atom is -0.475 e. The third-order valence-electron chi connectivity index (χ3n) is 7.71. The van der Waals surface area contributed by atoms with Gasteiger partial charge in [-0.05, 0) is 58.4 Å². The Bertz CT molecular complexity index is 1580. The lowest BCUT2D eigenvalue weighted by molar-refractivity contribution is -0.192. The first-order valence-electron chi connectivity index (χ1n) is 15.0. The van der Waals surface area contributed by atoms with Crippen molar-refractivity contribution in [2.45, 2.75) is 58.1 Å². The number of aliphatic hydroxyl groups is 1. The molecule has 0 heterocycles. The maximum Gasteiger partial charge on any atom is 0.490 e. The van der Waals surface area contributed by atoms with Crippen LogP contribution in [0.4, 0.5) is 23.7 Å². The van der Waals surface area contributed by atoms with E-state index in [0.29, 0.717) is 16.8 Å². The fourth-order valence-electron chi connectivity index (χ4n) is 4.96. The fourth-order valence-corrected chi connectivity index (χ4v) is 4.96. The van der Waals surface area contributed by atoms with E-state index in [9.17, 15) is 32.7 Å². The lowest BCUT2D eigenvalue weighted by Crippen LogP contribution is -2.50. The molecule has 0 bridgehead atoms. The summed E-state index contributed by atoms with van der Waals surface area (Å²) in [6.07, 6.45) is -5.58. The van der Waals surface area contributed by atoms with Crippen LogP contribution in [0, 0.1) is 5.92 Å². The standard InChI is InChI=1S/C32H38N4O5.C2HF3O2/c1-19(2)29(33)31(39)34-20(3)30(38)35-23-14-13-21(17-37)22(15-23)16-36(4)32(40)41-18-28-26-11-7-5-9-24(26)25-10-6-8-12-27(25)28;3-2(4,5)1(6)7/h5-15,19-20,28-29,37H,16-18,33H2,1-4H3,(H,34,39)(H,35,38);(H,6,7)/t20-,29-;/m0./s1. The van der Waals surface area contributed by atoms with Crippen LogP contribution in [-0.4, -0.2) is 70.9 Å². The van der Waals surface area contributed by atoms with Crippen molar-refractivity contribution in [3.8, 4) is 11.1 Å². The molecule has 2 atom stereocenters. The van der Waals surface area contributed by atoms with Crippen LogP contribution < -0.4 is 16.4 Å². The van der Waals surface area contributed by atoms with Gasteiger partial charge in [-0.3, -0.25) is 9.59 Å². The third-order valence-corrected chi connectivity index (χ3v) is 7.71. The zero-order valence-corrected chi connectivity index (χ0v) is 26.9. The Hall–Kier alpha value is -4.95. The van der Waals surface area contributed by atoms with Gasteiger partial charge in [0.25, 0.3) is 0 Å². The first kappa shape index (κ1) is 37.5. The van der Waals surface area contributed by atoms with E-state index in [-0.39, 0.29) is 31.6 Å². The number of carboxylic acids is 1. The molecule has 0 unspecified atom stereocenters. The molecule has 1 aliphatic rings. The lowest BCUT2D eigenvalue weighted by atomic mass is 9.98. The highest BCUT2D eigenvalue weighted by Crippen LogP contribution is 2.44. The predicted molar refractivity (Wildman–Crippen MR) is 172 cm³/mol. The number of carbonyl (C=O) groups is 4. The molecule has 0 saturated carbocycles. The maximum absolute atomic E-state index is 13.0. The van der Waals surface area contributed by atoms with E-state index in [4.69, 9.17) is 20.4 Å². The fraction of sp³-hybridized carbons (Fsp3) is 0.353. The second kappa shape index (κ2) is 16.2. The van der Waals surface area contributed by atoms with Crippen molar-refractivity contribution in [1.82, 2.24) is 10.2 Å². The summed E-state index contributed by atoms with van der Waals surface area (Å²) >= 11 is 0. The molecule has 6 N–H and O–H groups in total. The molecule has 0 saturated heterocycles. The summed E-state index contributed by atoms with van der Waals surface area (Å²) in [7, 11) is 1.63. The summed E-state index contributed by atoms with van der Waals surface area (Å²) in [5.74, 6) is -3.69. The number of anilines is 1. The van der Waals surface area contributed by atoms with Crippen molar-refractivity contribution in [1.29, 1.82) is 0 Å². The van der Waals surface area contributed by atoms with Gasteiger partial charge in [0.2, 0.25) is 11.8 Å². The Morgan fingerprint density at radius 3 is 1.96 bits per heavy atom. The number of carbonyl (C=O) groups excluding carboxylic acids is 3. The summed E-state index contributed by atoms with van der Waals surface area (Å²) in [5.41, 5.74) is 12.2. The number of amides is 3. The first-order valence-corrected chi connectivity index (χ1v) is 15.0. The lowest BCUT2D eigenvalue weighted by Gasteiger charge is -2.22. The molecule has 3 amide bonds. The SMILES string of the molecule is CC(C)[C@H](N)C(=O)N[C@@H](C)C(=O)Nc1ccc(CO)c(CN(C)C(=O)OCC2c3ccccc3-c3ccccc32)c1.O=C(O)C(F)(F)F. The van der Waals surface area contributed by atoms with Gasteiger partial charge in [-0.1, -0.05) is 68.4 Å². The van der Waals surface area contributed by atoms with Gasteiger partial charge in [-0.15, -0.1) is 0 Å². The minimum absolute atomic E-state index is 0.0520. The van der Waals surface area contributed by atoms with Gasteiger partial charge < -0.3 is 36.2 Å². The number of alkyl halides is 3. The average Bonchev–Trinajstić information content (AvgIpc) is 3.36. The number of rotatable bonds is 10. The number of hydrogen-bond donors (Lipinski definition) is 5. The molecule has 1 aliphatic carbocycles. The van der Waals surface area contributed by atoms with Gasteiger partial charge in [0.05, 0.1) is 12.6 Å². The largest absolute Gasteiger partial charge is 0.490 e. The molecule has 0 aromatic heterocycles. The molecule has 258 valence electrons. The molecule has 0 fully saturated rings. The molecule has 48 heavy (non-hydrogen) atoms. The molecular weight excluding hydrogens is 633 g/mol. The van der Waals surface area contributed by atoms with Crippen molar-refractivity contribution in [2.75, 3.05) is 19.0 Å². The zero-order chi connectivity index (χ0) is 35.8. The molecular formula is C34H39F3N4O7. The molecule has 0 spiro atoms. The first-order chi connectivity index (χ1) is 22.5. The average molecular weight is 673 g/mol. The zero-order valence-electron chi connectivity index (χ0n) is 26.9. The van der Waals surface area contributed by atoms with Crippen LogP contribution in [0.2, 0.25) is 0 Å². The highest BCUT2D eigenvalue weighted by molar-refractivity contribution is 5.97. The van der Waals surface area contributed by atoms with Gasteiger partial charge in [-0.25, -0.2) is 9.59 Å². The number of aliphatic hydroxyl groups excluding tert-OH is 1. The van der Waals surface area contributed by atoms with Crippen LogP contribution in [-0.2, 0) is 32.3 Å². The van der Waals surface area contributed by atoms with Crippen LogP contribution in [0.3, 0.4) is 0 Å². The Labute approximate surface area is 275 Å². The van der Waals surface area contributed by atoms with E-state index in [1.165, 1.54) is 4.90 Å². The highest BCUT2D eigenvalue weighted by atomic mass is 19.4. The predicted octanol–water partition coefficient (Wildman–Crippen LogP) is 4.62. The van der Waals surface area contributed by atoms with Crippen molar-refractivity contribution in [2.24, 2.45) is 11.7 Å². The van der Waals surface area contributed by atoms with E-state index in [1.54, 1.807) is 32.2 Å². The summed E-state index contributed by atoms with van der Waals surface area (Å²) in [6.45, 7) is 5.36. The van der Waals surface area contributed by atoms with Gasteiger partial charge in [0, 0.05) is 25.2 Å². The number of fused-ring (bicyclic) bond motifs is 3. The number of carboxylic acid groups (broad SMARTS) is 1. The van der Waals surface area contributed by atoms with Crippen LogP contribution >= 0.6 is 0 Å². The molecule has 3 aromatic carbocycles. The van der Waals surface area contributed by atoms with E-state index in [0.717, 1.165) is 22.3 Å². The monoisotopic (exact) mass is 672 g/mol. The Kier molecular flexibility index (Phi) is 12.7. The van der Waals surface area contributed by atoms with Gasteiger partial charge in [-0.2, -0.15) is 13.2 Å². The molecule has 14 heteroatoms. The second-order valence-electron chi connectivity index (χ2n) is 11.6. The van der Waals surface area contributed by atoms with Crippen LogP contribution in [0.15, 0.2) is 66.7 Å². The number of nitrogens with zero attached hydrogens (tertiary/aromatic N) is 1. The normalized spacial score (nSPS) is 13.3. The summed E-state index contributed by atoms with van der Waals surface area (Å²) in [6, 6.07) is 19.8. The molecule has 0 radical (unpaired) electrons. The summed E-state index contributed by atoms with van der Waals surface area (Å²) < 4.78 is 37.5. The Morgan fingerprint density at radius 2 is 1.46 bits per heavy atom. The highest BCUT2D eigenvalue weighted by Gasteiger charge is 2.38. The van der Waals surface area contributed by atoms with E-state index >= 15 is 0 Å². The Balaban J connectivity index is 0.000000804. The number of benzene rings is 3. The van der Waals surface area contributed by atoms with E-state index in [1.807, 2.05) is 38.1 Å². The van der Waals surface area contributed by atoms with Crippen LogP contribution in [0.25, 0.3) is 11.1 Å². The van der Waals surface area contributed by atoms with Gasteiger partial charge >= 0.3 is 18.2 Å². The maximum atomic E-state index is 13.0. The number of aliphatic carboxylic acids is 1. The molecule has 4 rings (SSSR count). The molecule has 3 aromatic rings. The van der Waals surface area contributed by atoms with Crippen LogP contribution in [0.1, 0.15) is 48.9 Å². The van der Waals surface area contributed by atoms with Crippen molar-refractivity contribution in [3.05, 3.63) is 89.0 Å². The van der Waals surface area contributed by atoms with Crippen molar-refractivity contribution >= 4 is 29.6 Å². The number of nitrogens with two attached hydrogens (primary N) is 1. The summed E-state index contributed by atoms with van der Waals surface area (Å²) in [5, 5.41) is 22.4. The van der Waals surface area contributed by atoms with Crippen molar-refractivity contribution < 1.29 is 47.3 Å². The van der Waals surface area contributed by atoms with E-state index in [2.05, 4.69) is 34.9 Å². The smallest absolute Gasteiger partial charge is 0.475 e. The minimum atomic E-state index is -5.08.